The van der Waals surface area contributed by atoms with E-state index in [1.165, 1.54) is 47.4 Å². The van der Waals surface area contributed by atoms with Crippen molar-refractivity contribution in [3.05, 3.63) is 64.1 Å². The smallest absolute Gasteiger partial charge is 0.258 e. The summed E-state index contributed by atoms with van der Waals surface area (Å²) in [6, 6.07) is 9.60. The zero-order valence-electron chi connectivity index (χ0n) is 10.0. The number of carbonyl (C=O) groups excluding carboxylic acids is 1. The first kappa shape index (κ1) is 13.7. The first-order valence-electron chi connectivity index (χ1n) is 5.47. The molecule has 0 atom stereocenters. The molecule has 0 fully saturated rings. The molecule has 0 aliphatic carbocycles. The van der Waals surface area contributed by atoms with E-state index in [2.05, 4.69) is 15.9 Å². The van der Waals surface area contributed by atoms with Gasteiger partial charge < -0.3 is 4.90 Å². The van der Waals surface area contributed by atoms with Gasteiger partial charge in [-0.2, -0.15) is 0 Å². The number of carbonyl (C=O) groups is 1. The lowest BCUT2D eigenvalue weighted by molar-refractivity contribution is 0.0993. The van der Waals surface area contributed by atoms with Gasteiger partial charge in [0.1, 0.15) is 11.6 Å². The molecule has 2 nitrogen and oxygen atoms in total. The van der Waals surface area contributed by atoms with E-state index in [-0.39, 0.29) is 16.2 Å². The summed E-state index contributed by atoms with van der Waals surface area (Å²) in [7, 11) is 1.58. The summed E-state index contributed by atoms with van der Waals surface area (Å²) >= 11 is 3.03. The molecule has 0 saturated heterocycles. The van der Waals surface area contributed by atoms with E-state index < -0.39 is 5.82 Å². The largest absolute Gasteiger partial charge is 0.311 e. The summed E-state index contributed by atoms with van der Waals surface area (Å²) in [5.74, 6) is -1.09. The van der Waals surface area contributed by atoms with Crippen molar-refractivity contribution in [2.75, 3.05) is 11.9 Å². The fraction of sp³-hybridized carbons (Fsp3) is 0.0714. The maximum Gasteiger partial charge on any atom is 0.258 e. The second-order valence-corrected chi connectivity index (χ2v) is 4.82. The normalized spacial score (nSPS) is 10.3. The Kier molecular flexibility index (Phi) is 3.95. The van der Waals surface area contributed by atoms with Gasteiger partial charge in [0.05, 0.1) is 4.47 Å². The van der Waals surface area contributed by atoms with E-state index in [0.29, 0.717) is 11.3 Å². The van der Waals surface area contributed by atoms with Crippen LogP contribution in [0.4, 0.5) is 14.5 Å². The molecule has 0 radical (unpaired) electrons. The highest BCUT2D eigenvalue weighted by molar-refractivity contribution is 9.10. The molecule has 98 valence electrons. The zero-order valence-corrected chi connectivity index (χ0v) is 11.6. The summed E-state index contributed by atoms with van der Waals surface area (Å²) in [5.41, 5.74) is 0.909. The average Bonchev–Trinajstić information content (AvgIpc) is 2.41. The Hall–Kier alpha value is -1.75. The third-order valence-electron chi connectivity index (χ3n) is 2.69. The third-order valence-corrected chi connectivity index (χ3v) is 3.29. The minimum atomic E-state index is -0.430. The van der Waals surface area contributed by atoms with Gasteiger partial charge in [-0.25, -0.2) is 8.78 Å². The van der Waals surface area contributed by atoms with Crippen LogP contribution in [0, 0.1) is 11.6 Å². The molecular formula is C14H10BrF2NO. The van der Waals surface area contributed by atoms with Crippen molar-refractivity contribution in [1.82, 2.24) is 0 Å². The fourth-order valence-corrected chi connectivity index (χ4v) is 1.98. The molecule has 0 aliphatic heterocycles. The quantitative estimate of drug-likeness (QED) is 0.817. The van der Waals surface area contributed by atoms with E-state index in [9.17, 15) is 13.6 Å². The van der Waals surface area contributed by atoms with E-state index in [1.807, 2.05) is 0 Å². The Bertz CT molecular complexity index is 613. The van der Waals surface area contributed by atoms with Gasteiger partial charge in [-0.05, 0) is 58.4 Å². The van der Waals surface area contributed by atoms with Gasteiger partial charge in [-0.1, -0.05) is 0 Å². The van der Waals surface area contributed by atoms with Gasteiger partial charge in [-0.15, -0.1) is 0 Å². The number of amides is 1. The number of rotatable bonds is 2. The summed E-state index contributed by atoms with van der Waals surface area (Å²) in [6.07, 6.45) is 0. The summed E-state index contributed by atoms with van der Waals surface area (Å²) in [6.45, 7) is 0. The molecule has 0 bridgehead atoms. The molecule has 0 unspecified atom stereocenters. The van der Waals surface area contributed by atoms with Gasteiger partial charge in [0, 0.05) is 18.3 Å². The Morgan fingerprint density at radius 2 is 1.74 bits per heavy atom. The second kappa shape index (κ2) is 5.48. The van der Waals surface area contributed by atoms with Crippen LogP contribution in [0.15, 0.2) is 46.9 Å². The van der Waals surface area contributed by atoms with Crippen molar-refractivity contribution in [2.24, 2.45) is 0 Å². The minimum absolute atomic E-state index is 0.228. The first-order valence-corrected chi connectivity index (χ1v) is 6.27. The number of hydrogen-bond acceptors (Lipinski definition) is 1. The molecule has 0 saturated carbocycles. The number of halogens is 3. The van der Waals surface area contributed by atoms with Crippen molar-refractivity contribution >= 4 is 27.5 Å². The molecule has 0 spiro atoms. The molecule has 2 rings (SSSR count). The van der Waals surface area contributed by atoms with Crippen LogP contribution in [0.2, 0.25) is 0 Å². The highest BCUT2D eigenvalue weighted by Crippen LogP contribution is 2.20. The predicted molar refractivity (Wildman–Crippen MR) is 73.2 cm³/mol. The first-order chi connectivity index (χ1) is 8.99. The lowest BCUT2D eigenvalue weighted by Crippen LogP contribution is -2.26. The standard InChI is InChI=1S/C14H10BrF2NO/c1-18(11-5-3-10(16)4-6-11)14(19)9-2-7-13(17)12(15)8-9/h2-8H,1H3. The minimum Gasteiger partial charge on any atom is -0.311 e. The molecule has 19 heavy (non-hydrogen) atoms. The van der Waals surface area contributed by atoms with Crippen molar-refractivity contribution in [3.63, 3.8) is 0 Å². The molecule has 0 N–H and O–H groups in total. The van der Waals surface area contributed by atoms with Crippen LogP contribution in [0.3, 0.4) is 0 Å². The van der Waals surface area contributed by atoms with Crippen LogP contribution < -0.4 is 4.90 Å². The van der Waals surface area contributed by atoms with Gasteiger partial charge in [0.15, 0.2) is 0 Å². The third kappa shape index (κ3) is 2.98. The number of hydrogen-bond donors (Lipinski definition) is 0. The van der Waals surface area contributed by atoms with E-state index >= 15 is 0 Å². The molecule has 0 heterocycles. The zero-order chi connectivity index (χ0) is 14.0. The highest BCUT2D eigenvalue weighted by Gasteiger charge is 2.14. The van der Waals surface area contributed by atoms with Gasteiger partial charge in [-0.3, -0.25) is 4.79 Å². The monoisotopic (exact) mass is 325 g/mol. The van der Waals surface area contributed by atoms with Crippen LogP contribution in [0.5, 0.6) is 0 Å². The van der Waals surface area contributed by atoms with Crippen molar-refractivity contribution in [2.45, 2.75) is 0 Å². The number of nitrogens with zero attached hydrogens (tertiary/aromatic N) is 1. The molecule has 0 aromatic heterocycles. The molecule has 2 aromatic carbocycles. The molecule has 0 aliphatic rings. The fourth-order valence-electron chi connectivity index (χ4n) is 1.60. The molecular weight excluding hydrogens is 316 g/mol. The molecule has 1 amide bonds. The summed E-state index contributed by atoms with van der Waals surface area (Å²) in [5, 5.41) is 0. The maximum atomic E-state index is 13.1. The molecule has 5 heteroatoms. The second-order valence-electron chi connectivity index (χ2n) is 3.97. The van der Waals surface area contributed by atoms with Crippen LogP contribution in [-0.4, -0.2) is 13.0 Å². The van der Waals surface area contributed by atoms with Crippen LogP contribution in [0.1, 0.15) is 10.4 Å². The maximum absolute atomic E-state index is 13.1. The van der Waals surface area contributed by atoms with E-state index in [0.717, 1.165) is 0 Å². The highest BCUT2D eigenvalue weighted by atomic mass is 79.9. The lowest BCUT2D eigenvalue weighted by Gasteiger charge is -2.17. The topological polar surface area (TPSA) is 20.3 Å². The van der Waals surface area contributed by atoms with Gasteiger partial charge >= 0.3 is 0 Å². The Morgan fingerprint density at radius 1 is 1.11 bits per heavy atom. The van der Waals surface area contributed by atoms with Crippen molar-refractivity contribution in [3.8, 4) is 0 Å². The lowest BCUT2D eigenvalue weighted by atomic mass is 10.2. The van der Waals surface area contributed by atoms with Gasteiger partial charge in [0.25, 0.3) is 5.91 Å². The Morgan fingerprint density at radius 3 is 2.32 bits per heavy atom. The van der Waals surface area contributed by atoms with Crippen LogP contribution in [0.25, 0.3) is 0 Å². The van der Waals surface area contributed by atoms with Gasteiger partial charge in [0.2, 0.25) is 0 Å². The van der Waals surface area contributed by atoms with E-state index in [4.69, 9.17) is 0 Å². The van der Waals surface area contributed by atoms with Crippen molar-refractivity contribution in [1.29, 1.82) is 0 Å². The average molecular weight is 326 g/mol. The summed E-state index contributed by atoms with van der Waals surface area (Å²) in [4.78, 5) is 13.6. The van der Waals surface area contributed by atoms with E-state index in [1.54, 1.807) is 7.05 Å². The van der Waals surface area contributed by atoms with Crippen LogP contribution >= 0.6 is 15.9 Å². The Labute approximate surface area is 117 Å². The van der Waals surface area contributed by atoms with Crippen LogP contribution in [-0.2, 0) is 0 Å². The Balaban J connectivity index is 2.28. The SMILES string of the molecule is CN(C(=O)c1ccc(F)c(Br)c1)c1ccc(F)cc1. The van der Waals surface area contributed by atoms with Crippen molar-refractivity contribution < 1.29 is 13.6 Å². The molecule has 2 aromatic rings. The number of anilines is 1. The summed E-state index contributed by atoms with van der Waals surface area (Å²) < 4.78 is 26.2. The predicted octanol–water partition coefficient (Wildman–Crippen LogP) is 4.00. The number of benzene rings is 2.